The first-order chi connectivity index (χ1) is 28.4. The highest BCUT2D eigenvalue weighted by Crippen LogP contribution is 2.30. The van der Waals surface area contributed by atoms with Crippen LogP contribution in [0, 0.1) is 0 Å². The molecule has 0 aliphatic rings. The third-order valence-corrected chi connectivity index (χ3v) is 11.1. The van der Waals surface area contributed by atoms with Crippen LogP contribution in [0.2, 0.25) is 0 Å². The number of nitrogens with zero attached hydrogens (tertiary/aromatic N) is 2. The number of aromatic nitrogens is 2. The van der Waals surface area contributed by atoms with Crippen LogP contribution >= 0.6 is 21.6 Å². The molecule has 0 bridgehead atoms. The SMILES string of the molecule is CCOc1ccc(C=Cc2cc[n+](CCCC(=O)NCCSSCCNC(=O)CCC[n+]3ccc(C=Cc4ccc(OCC)c(OCC)c4)cc3)cc2)cc1OCC. The van der Waals surface area contributed by atoms with Gasteiger partial charge in [0, 0.05) is 74.5 Å². The van der Waals surface area contributed by atoms with Crippen LogP contribution < -0.4 is 38.7 Å². The summed E-state index contributed by atoms with van der Waals surface area (Å²) in [4.78, 5) is 24.7. The van der Waals surface area contributed by atoms with Gasteiger partial charge in [-0.3, -0.25) is 9.59 Å². The maximum atomic E-state index is 12.3. The Kier molecular flexibility index (Phi) is 21.2. The van der Waals surface area contributed by atoms with Crippen LogP contribution in [0.4, 0.5) is 0 Å². The summed E-state index contributed by atoms with van der Waals surface area (Å²) in [5.74, 6) is 4.80. The van der Waals surface area contributed by atoms with Gasteiger partial charge < -0.3 is 29.6 Å². The Hall–Kier alpha value is -4.94. The third kappa shape index (κ3) is 17.3. The number of aryl methyl sites for hydroxylation is 2. The predicted molar refractivity (Wildman–Crippen MR) is 238 cm³/mol. The fraction of sp³-hybridized carbons (Fsp3) is 0.391. The number of amides is 2. The molecule has 2 heterocycles. The highest BCUT2D eigenvalue weighted by atomic mass is 33.1. The number of hydrogen-bond acceptors (Lipinski definition) is 8. The third-order valence-electron chi connectivity index (χ3n) is 8.64. The fourth-order valence-corrected chi connectivity index (χ4v) is 7.60. The maximum absolute atomic E-state index is 12.3. The molecule has 0 saturated heterocycles. The molecule has 0 atom stereocenters. The molecule has 0 aliphatic carbocycles. The highest BCUT2D eigenvalue weighted by molar-refractivity contribution is 8.76. The molecule has 2 aromatic carbocycles. The van der Waals surface area contributed by atoms with Crippen LogP contribution in [-0.4, -0.2) is 62.8 Å². The van der Waals surface area contributed by atoms with Crippen molar-refractivity contribution >= 4 is 57.7 Å². The van der Waals surface area contributed by atoms with E-state index in [1.54, 1.807) is 21.6 Å². The van der Waals surface area contributed by atoms with Crippen molar-refractivity contribution in [1.29, 1.82) is 0 Å². The van der Waals surface area contributed by atoms with E-state index in [-0.39, 0.29) is 11.8 Å². The van der Waals surface area contributed by atoms with Gasteiger partial charge in [0.15, 0.2) is 47.8 Å². The normalized spacial score (nSPS) is 11.2. The van der Waals surface area contributed by atoms with Crippen LogP contribution in [-0.2, 0) is 22.7 Å². The second-order valence-corrected chi connectivity index (χ2v) is 15.8. The minimum atomic E-state index is 0.0718. The predicted octanol–water partition coefficient (Wildman–Crippen LogP) is 8.07. The van der Waals surface area contributed by atoms with E-state index in [9.17, 15) is 9.59 Å². The summed E-state index contributed by atoms with van der Waals surface area (Å²) in [6, 6.07) is 20.2. The van der Waals surface area contributed by atoms with Gasteiger partial charge in [0.2, 0.25) is 11.8 Å². The maximum Gasteiger partial charge on any atom is 0.220 e. The molecule has 4 aromatic rings. The topological polar surface area (TPSA) is 103 Å². The summed E-state index contributed by atoms with van der Waals surface area (Å²) in [7, 11) is 3.42. The summed E-state index contributed by atoms with van der Waals surface area (Å²) >= 11 is 0. The molecule has 58 heavy (non-hydrogen) atoms. The molecule has 4 rings (SSSR count). The van der Waals surface area contributed by atoms with E-state index in [4.69, 9.17) is 18.9 Å². The first-order valence-electron chi connectivity index (χ1n) is 20.3. The number of ether oxygens (including phenoxy) is 4. The van der Waals surface area contributed by atoms with Gasteiger partial charge in [-0.1, -0.05) is 58.0 Å². The van der Waals surface area contributed by atoms with Crippen molar-refractivity contribution in [2.24, 2.45) is 0 Å². The molecule has 0 unspecified atom stereocenters. The largest absolute Gasteiger partial charge is 0.490 e. The molecule has 2 amide bonds. The smallest absolute Gasteiger partial charge is 0.220 e. The van der Waals surface area contributed by atoms with Gasteiger partial charge in [-0.2, -0.15) is 0 Å². The molecular weight excluding hydrogens is 769 g/mol. The van der Waals surface area contributed by atoms with Crippen molar-refractivity contribution in [2.75, 3.05) is 51.0 Å². The average Bonchev–Trinajstić information content (AvgIpc) is 3.23. The van der Waals surface area contributed by atoms with Crippen molar-refractivity contribution < 1.29 is 37.7 Å². The Morgan fingerprint density at radius 2 is 0.879 bits per heavy atom. The number of hydrogen-bond donors (Lipinski definition) is 2. The molecule has 0 aliphatic heterocycles. The molecule has 12 heteroatoms. The van der Waals surface area contributed by atoms with Crippen LogP contribution in [0.1, 0.15) is 75.6 Å². The summed E-state index contributed by atoms with van der Waals surface area (Å²) in [6.45, 7) is 13.0. The Bertz CT molecular complexity index is 1750. The van der Waals surface area contributed by atoms with Crippen LogP contribution in [0.25, 0.3) is 24.3 Å². The number of carbonyl (C=O) groups is 2. The van der Waals surface area contributed by atoms with Crippen LogP contribution in [0.5, 0.6) is 23.0 Å². The highest BCUT2D eigenvalue weighted by Gasteiger charge is 2.09. The van der Waals surface area contributed by atoms with E-state index >= 15 is 0 Å². The molecule has 2 N–H and O–H groups in total. The molecule has 0 radical (unpaired) electrons. The van der Waals surface area contributed by atoms with Crippen LogP contribution in [0.3, 0.4) is 0 Å². The zero-order valence-corrected chi connectivity index (χ0v) is 36.1. The summed E-state index contributed by atoms with van der Waals surface area (Å²) in [6.07, 6.45) is 18.9. The van der Waals surface area contributed by atoms with Crippen LogP contribution in [0.15, 0.2) is 85.5 Å². The minimum absolute atomic E-state index is 0.0718. The molecule has 2 aromatic heterocycles. The van der Waals surface area contributed by atoms with Gasteiger partial charge >= 0.3 is 0 Å². The molecule has 10 nitrogen and oxygen atoms in total. The van der Waals surface area contributed by atoms with Crippen molar-refractivity contribution in [3.05, 3.63) is 108 Å². The monoisotopic (exact) mass is 828 g/mol. The van der Waals surface area contributed by atoms with Gasteiger partial charge in [0.25, 0.3) is 0 Å². The molecule has 0 spiro atoms. The number of pyridine rings is 2. The zero-order chi connectivity index (χ0) is 41.2. The molecular formula is C46H60N4O6S2+2. The summed E-state index contributed by atoms with van der Waals surface area (Å²) < 4.78 is 27.0. The second kappa shape index (κ2) is 26.9. The van der Waals surface area contributed by atoms with E-state index in [2.05, 4.69) is 68.3 Å². The first kappa shape index (κ1) is 45.8. The Morgan fingerprint density at radius 3 is 1.26 bits per heavy atom. The number of benzene rings is 2. The first-order valence-corrected chi connectivity index (χ1v) is 22.8. The van der Waals surface area contributed by atoms with Crippen molar-refractivity contribution in [3.63, 3.8) is 0 Å². The number of rotatable bonds is 27. The van der Waals surface area contributed by atoms with Crippen molar-refractivity contribution in [1.82, 2.24) is 10.6 Å². The zero-order valence-electron chi connectivity index (χ0n) is 34.5. The van der Waals surface area contributed by atoms with Gasteiger partial charge in [-0.25, -0.2) is 9.13 Å². The van der Waals surface area contributed by atoms with E-state index in [0.29, 0.717) is 52.4 Å². The van der Waals surface area contributed by atoms with Crippen molar-refractivity contribution in [2.45, 2.75) is 66.5 Å². The quantitative estimate of drug-likeness (QED) is 0.0354. The Balaban J connectivity index is 0.996. The van der Waals surface area contributed by atoms with Gasteiger partial charge in [0.05, 0.1) is 26.4 Å². The molecule has 310 valence electrons. The lowest BCUT2D eigenvalue weighted by atomic mass is 10.1. The molecule has 0 saturated carbocycles. The van der Waals surface area contributed by atoms with E-state index < -0.39 is 0 Å². The number of nitrogens with one attached hydrogen (secondary N) is 2. The van der Waals surface area contributed by atoms with Crippen molar-refractivity contribution in [3.8, 4) is 23.0 Å². The second-order valence-electron chi connectivity index (χ2n) is 13.1. The van der Waals surface area contributed by atoms with Gasteiger partial charge in [-0.05, 0) is 74.2 Å². The Morgan fingerprint density at radius 1 is 0.517 bits per heavy atom. The number of carbonyl (C=O) groups excluding carboxylic acids is 2. The summed E-state index contributed by atoms with van der Waals surface area (Å²) in [5.41, 5.74) is 4.27. The standard InChI is InChI=1S/C46H58N4O6S2/c1-5-53-41-19-17-39(35-43(41)55-7-3)15-13-37-21-29-49(30-22-37)27-9-11-45(51)47-25-33-57-58-34-26-48-46(52)12-10-28-50-31-23-38(24-32-50)14-16-40-18-20-42(54-6-2)44(36-40)56-8-4/h13-24,29-32,35-36H,5-12,25-28,33-34H2,1-4H3/p+2. The van der Waals surface area contributed by atoms with Gasteiger partial charge in [0.1, 0.15) is 13.1 Å². The van der Waals surface area contributed by atoms with E-state index in [1.807, 2.05) is 88.9 Å². The summed E-state index contributed by atoms with van der Waals surface area (Å²) in [5, 5.41) is 6.03. The lowest BCUT2D eigenvalue weighted by Gasteiger charge is -2.11. The molecule has 0 fully saturated rings. The van der Waals surface area contributed by atoms with Gasteiger partial charge in [-0.15, -0.1) is 0 Å². The lowest BCUT2D eigenvalue weighted by molar-refractivity contribution is -0.697. The lowest BCUT2D eigenvalue weighted by Crippen LogP contribution is -2.34. The fourth-order valence-electron chi connectivity index (χ4n) is 5.79. The average molecular weight is 829 g/mol. The van der Waals surface area contributed by atoms with E-state index in [0.717, 1.165) is 82.7 Å². The van der Waals surface area contributed by atoms with E-state index in [1.165, 1.54) is 0 Å². The minimum Gasteiger partial charge on any atom is -0.490 e. The Labute approximate surface area is 352 Å².